The van der Waals surface area contributed by atoms with Crippen molar-refractivity contribution in [3.8, 4) is 5.75 Å². The molecule has 0 radical (unpaired) electrons. The van der Waals surface area contributed by atoms with Crippen molar-refractivity contribution in [2.45, 2.75) is 37.6 Å². The molecule has 0 aliphatic carbocycles. The molecular weight excluding hydrogens is 522 g/mol. The van der Waals surface area contributed by atoms with Gasteiger partial charge in [-0.15, -0.1) is 11.3 Å². The Labute approximate surface area is 228 Å². The van der Waals surface area contributed by atoms with Crippen molar-refractivity contribution >= 4 is 43.8 Å². The smallest absolute Gasteiger partial charge is 0.263 e. The molecule has 2 aromatic carbocycles. The average molecular weight is 556 g/mol. The van der Waals surface area contributed by atoms with E-state index in [2.05, 4.69) is 25.6 Å². The van der Waals surface area contributed by atoms with Crippen molar-refractivity contribution < 1.29 is 17.9 Å². The topological polar surface area (TPSA) is 95.1 Å². The van der Waals surface area contributed by atoms with Crippen LogP contribution in [0.3, 0.4) is 0 Å². The number of thiazole rings is 1. The van der Waals surface area contributed by atoms with Gasteiger partial charge in [-0.25, -0.2) is 13.4 Å². The summed E-state index contributed by atoms with van der Waals surface area (Å²) in [6.45, 7) is 7.98. The van der Waals surface area contributed by atoms with Crippen molar-refractivity contribution in [2.24, 2.45) is 0 Å². The number of piperazine rings is 1. The first-order valence-corrected chi connectivity index (χ1v) is 15.3. The number of nitrogens with zero attached hydrogens (tertiary/aromatic N) is 4. The van der Waals surface area contributed by atoms with E-state index in [4.69, 9.17) is 4.74 Å². The van der Waals surface area contributed by atoms with Gasteiger partial charge in [0.2, 0.25) is 5.91 Å². The molecule has 3 aromatic rings. The summed E-state index contributed by atoms with van der Waals surface area (Å²) in [7, 11) is -3.69. The third-order valence-electron chi connectivity index (χ3n) is 7.10. The van der Waals surface area contributed by atoms with Crippen LogP contribution in [0.5, 0.6) is 5.75 Å². The second-order valence-electron chi connectivity index (χ2n) is 9.42. The molecular formula is C27H33N5O4S2. The monoisotopic (exact) mass is 555 g/mol. The highest BCUT2D eigenvalue weighted by Crippen LogP contribution is 2.38. The minimum absolute atomic E-state index is 0.124. The predicted octanol–water partition coefficient (Wildman–Crippen LogP) is 3.83. The summed E-state index contributed by atoms with van der Waals surface area (Å²) in [4.78, 5) is 24.1. The van der Waals surface area contributed by atoms with Crippen LogP contribution in [-0.4, -0.2) is 69.6 Å². The Bertz CT molecular complexity index is 1350. The molecule has 11 heteroatoms. The number of aryl methyl sites for hydroxylation is 1. The summed E-state index contributed by atoms with van der Waals surface area (Å²) < 4.78 is 33.6. The number of sulfonamides is 1. The molecule has 1 atom stereocenters. The zero-order chi connectivity index (χ0) is 26.7. The molecule has 1 amide bonds. The Morgan fingerprint density at radius 1 is 1.11 bits per heavy atom. The van der Waals surface area contributed by atoms with E-state index in [1.165, 1.54) is 16.9 Å². The molecule has 1 aromatic heterocycles. The lowest BCUT2D eigenvalue weighted by Gasteiger charge is -2.41. The van der Waals surface area contributed by atoms with Crippen LogP contribution in [0.15, 0.2) is 58.9 Å². The minimum Gasteiger partial charge on any atom is -0.492 e. The summed E-state index contributed by atoms with van der Waals surface area (Å²) in [5.74, 6) is 0.972. The van der Waals surface area contributed by atoms with Gasteiger partial charge >= 0.3 is 0 Å². The molecule has 5 rings (SSSR count). The van der Waals surface area contributed by atoms with Crippen molar-refractivity contribution in [3.05, 3.63) is 59.6 Å². The third-order valence-corrected chi connectivity index (χ3v) is 9.27. The zero-order valence-corrected chi connectivity index (χ0v) is 23.3. The Morgan fingerprint density at radius 2 is 1.87 bits per heavy atom. The number of fused-ring (bicyclic) bond motifs is 1. The number of hydrogen-bond donors (Lipinski definition) is 1. The molecule has 3 heterocycles. The standard InChI is InChI=1S/C27H33N5O4S2/c1-3-36-24-8-4-6-21-7-5-14-32(25(21)24)20(2)26(33)31-17-15-30(16-18-31)22-9-11-23(12-10-22)38(34,35)29-27-28-13-19-37-27/h4,6,8-13,19-20H,3,5,7,14-18H2,1-2H3,(H,28,29)/t20-/m1/s1. The minimum atomic E-state index is -3.69. The largest absolute Gasteiger partial charge is 0.492 e. The maximum atomic E-state index is 13.6. The van der Waals surface area contributed by atoms with Crippen molar-refractivity contribution in [3.63, 3.8) is 0 Å². The van der Waals surface area contributed by atoms with E-state index in [0.717, 1.165) is 36.5 Å². The highest BCUT2D eigenvalue weighted by atomic mass is 32.2. The van der Waals surface area contributed by atoms with Crippen LogP contribution in [-0.2, 0) is 21.2 Å². The highest BCUT2D eigenvalue weighted by molar-refractivity contribution is 7.93. The fraction of sp³-hybridized carbons (Fsp3) is 0.407. The maximum Gasteiger partial charge on any atom is 0.263 e. The number of amides is 1. The number of anilines is 3. The Kier molecular flexibility index (Phi) is 7.75. The second-order valence-corrected chi connectivity index (χ2v) is 12.0. The van der Waals surface area contributed by atoms with Crippen LogP contribution in [0, 0.1) is 0 Å². The number of carbonyl (C=O) groups is 1. The quantitative estimate of drug-likeness (QED) is 0.451. The van der Waals surface area contributed by atoms with Gasteiger partial charge in [0.05, 0.1) is 17.2 Å². The SMILES string of the molecule is CCOc1cccc2c1N([C@H](C)C(=O)N1CCN(c3ccc(S(=O)(=O)Nc4nccs4)cc3)CC1)CCC2. The molecule has 0 unspecified atom stereocenters. The first-order chi connectivity index (χ1) is 18.4. The molecule has 1 fully saturated rings. The number of aromatic nitrogens is 1. The summed E-state index contributed by atoms with van der Waals surface area (Å²) in [5, 5.41) is 2.06. The zero-order valence-electron chi connectivity index (χ0n) is 21.7. The van der Waals surface area contributed by atoms with E-state index in [1.54, 1.807) is 23.7 Å². The van der Waals surface area contributed by atoms with Crippen LogP contribution in [0.4, 0.5) is 16.5 Å². The predicted molar refractivity (Wildman–Crippen MR) is 151 cm³/mol. The van der Waals surface area contributed by atoms with Gasteiger partial charge in [0.15, 0.2) is 5.13 Å². The molecule has 0 spiro atoms. The van der Waals surface area contributed by atoms with Crippen molar-refractivity contribution in [2.75, 3.05) is 53.9 Å². The van der Waals surface area contributed by atoms with Gasteiger partial charge in [0.25, 0.3) is 10.0 Å². The maximum absolute atomic E-state index is 13.6. The lowest BCUT2D eigenvalue weighted by molar-refractivity contribution is -0.132. The summed E-state index contributed by atoms with van der Waals surface area (Å²) >= 11 is 1.23. The lowest BCUT2D eigenvalue weighted by Crippen LogP contribution is -2.55. The number of benzene rings is 2. The fourth-order valence-corrected chi connectivity index (χ4v) is 6.96. The number of para-hydroxylation sites is 1. The van der Waals surface area contributed by atoms with Gasteiger partial charge in [-0.05, 0) is 62.6 Å². The van der Waals surface area contributed by atoms with Crippen molar-refractivity contribution in [1.82, 2.24) is 9.88 Å². The second kappa shape index (κ2) is 11.2. The van der Waals surface area contributed by atoms with Gasteiger partial charge in [-0.2, -0.15) is 0 Å². The number of hydrogen-bond acceptors (Lipinski definition) is 8. The number of carbonyl (C=O) groups excluding carboxylic acids is 1. The molecule has 2 aliphatic heterocycles. The van der Waals surface area contributed by atoms with E-state index in [9.17, 15) is 13.2 Å². The van der Waals surface area contributed by atoms with E-state index < -0.39 is 10.0 Å². The van der Waals surface area contributed by atoms with E-state index in [0.29, 0.717) is 37.9 Å². The Morgan fingerprint density at radius 3 is 2.55 bits per heavy atom. The van der Waals surface area contributed by atoms with E-state index in [1.807, 2.05) is 43.0 Å². The van der Waals surface area contributed by atoms with Gasteiger partial charge in [0.1, 0.15) is 11.8 Å². The first kappa shape index (κ1) is 26.3. The van der Waals surface area contributed by atoms with E-state index >= 15 is 0 Å². The summed E-state index contributed by atoms with van der Waals surface area (Å²) in [5.41, 5.74) is 3.23. The highest BCUT2D eigenvalue weighted by Gasteiger charge is 2.32. The van der Waals surface area contributed by atoms with Crippen LogP contribution in [0.1, 0.15) is 25.8 Å². The molecule has 0 saturated carbocycles. The molecule has 38 heavy (non-hydrogen) atoms. The molecule has 202 valence electrons. The molecule has 0 bridgehead atoms. The van der Waals surface area contributed by atoms with Gasteiger partial charge in [0, 0.05) is 50.0 Å². The van der Waals surface area contributed by atoms with Crippen LogP contribution in [0.25, 0.3) is 0 Å². The lowest BCUT2D eigenvalue weighted by atomic mass is 9.99. The van der Waals surface area contributed by atoms with Crippen LogP contribution >= 0.6 is 11.3 Å². The normalized spacial score (nSPS) is 16.6. The Hall–Kier alpha value is -3.31. The third kappa shape index (κ3) is 5.44. The van der Waals surface area contributed by atoms with Crippen molar-refractivity contribution in [1.29, 1.82) is 0 Å². The number of ether oxygens (including phenoxy) is 1. The molecule has 1 N–H and O–H groups in total. The first-order valence-electron chi connectivity index (χ1n) is 12.9. The van der Waals surface area contributed by atoms with Gasteiger partial charge < -0.3 is 19.4 Å². The van der Waals surface area contributed by atoms with Crippen LogP contribution in [0.2, 0.25) is 0 Å². The molecule has 2 aliphatic rings. The fourth-order valence-electron chi connectivity index (χ4n) is 5.17. The number of nitrogens with one attached hydrogen (secondary N) is 1. The number of rotatable bonds is 8. The molecule has 1 saturated heterocycles. The summed E-state index contributed by atoms with van der Waals surface area (Å²) in [6, 6.07) is 12.7. The van der Waals surface area contributed by atoms with Crippen LogP contribution < -0.4 is 19.3 Å². The molecule has 9 nitrogen and oxygen atoms in total. The Balaban J connectivity index is 1.21. The van der Waals surface area contributed by atoms with E-state index in [-0.39, 0.29) is 16.8 Å². The van der Waals surface area contributed by atoms with Gasteiger partial charge in [-0.1, -0.05) is 12.1 Å². The average Bonchev–Trinajstić information content (AvgIpc) is 3.45. The summed E-state index contributed by atoms with van der Waals surface area (Å²) in [6.07, 6.45) is 3.56. The van der Waals surface area contributed by atoms with Gasteiger partial charge in [-0.3, -0.25) is 9.52 Å².